The van der Waals surface area contributed by atoms with E-state index in [4.69, 9.17) is 5.73 Å². The van der Waals surface area contributed by atoms with Crippen LogP contribution in [0.3, 0.4) is 0 Å². The van der Waals surface area contributed by atoms with Crippen LogP contribution in [0.15, 0.2) is 18.5 Å². The summed E-state index contributed by atoms with van der Waals surface area (Å²) in [6.45, 7) is 1.67. The second kappa shape index (κ2) is 3.75. The number of primary amides is 1. The average molecular weight is 181 g/mol. The molecule has 0 aromatic carbocycles. The van der Waals surface area contributed by atoms with Crippen molar-refractivity contribution in [2.24, 2.45) is 5.73 Å². The van der Waals surface area contributed by atoms with Crippen molar-refractivity contribution in [3.63, 3.8) is 0 Å². The number of carbonyl (C=O) groups excluding carboxylic acids is 1. The average Bonchev–Trinajstić information content (AvgIpc) is 2.03. The van der Waals surface area contributed by atoms with Gasteiger partial charge in [0.05, 0.1) is 11.9 Å². The van der Waals surface area contributed by atoms with Crippen molar-refractivity contribution in [2.45, 2.75) is 6.92 Å². The second-order valence-electron chi connectivity index (χ2n) is 2.44. The number of nitrogens with two attached hydrogens (primary N) is 1. The number of amides is 1. The van der Waals surface area contributed by atoms with Crippen molar-refractivity contribution in [3.8, 4) is 0 Å². The number of hydrogen-bond donors (Lipinski definition) is 1. The predicted octanol–water partition coefficient (Wildman–Crippen LogP) is 0.581. The van der Waals surface area contributed by atoms with Gasteiger partial charge in [0.1, 0.15) is 5.69 Å². The van der Waals surface area contributed by atoms with Gasteiger partial charge in [-0.15, -0.1) is 0 Å². The molecular formula is C8H8FN3O. The molecule has 0 atom stereocenters. The van der Waals surface area contributed by atoms with Gasteiger partial charge < -0.3 is 5.73 Å². The number of aryl methyl sites for hydroxylation is 1. The molecule has 0 radical (unpaired) electrons. The minimum Gasteiger partial charge on any atom is -0.366 e. The summed E-state index contributed by atoms with van der Waals surface area (Å²) in [5.74, 6) is -1.62. The monoisotopic (exact) mass is 181 g/mol. The molecule has 0 bridgehead atoms. The molecule has 68 valence electrons. The maximum atomic E-state index is 13.0. The lowest BCUT2D eigenvalue weighted by Gasteiger charge is -1.96. The van der Waals surface area contributed by atoms with Crippen LogP contribution in [0, 0.1) is 6.92 Å². The SMILES string of the molecule is Cc1cncc(C(F)=CC(N)=O)n1. The Morgan fingerprint density at radius 3 is 2.85 bits per heavy atom. The predicted molar refractivity (Wildman–Crippen MR) is 45.0 cm³/mol. The molecule has 0 spiro atoms. The number of rotatable bonds is 2. The van der Waals surface area contributed by atoms with Gasteiger partial charge in [-0.05, 0) is 6.92 Å². The number of carbonyl (C=O) groups is 1. The summed E-state index contributed by atoms with van der Waals surface area (Å²) in [7, 11) is 0. The molecule has 0 aliphatic heterocycles. The summed E-state index contributed by atoms with van der Waals surface area (Å²) in [4.78, 5) is 17.9. The van der Waals surface area contributed by atoms with Crippen LogP contribution in [0.25, 0.3) is 5.83 Å². The Morgan fingerprint density at radius 1 is 1.62 bits per heavy atom. The fraction of sp³-hybridized carbons (Fsp3) is 0.125. The normalized spacial score (nSPS) is 11.4. The van der Waals surface area contributed by atoms with Crippen LogP contribution in [0.2, 0.25) is 0 Å². The third-order valence-electron chi connectivity index (χ3n) is 1.27. The quantitative estimate of drug-likeness (QED) is 0.678. The maximum absolute atomic E-state index is 13.0. The maximum Gasteiger partial charge on any atom is 0.244 e. The molecule has 0 aliphatic carbocycles. The van der Waals surface area contributed by atoms with Crippen LogP contribution < -0.4 is 5.73 Å². The fourth-order valence-electron chi connectivity index (χ4n) is 0.777. The van der Waals surface area contributed by atoms with Crippen molar-refractivity contribution in [1.82, 2.24) is 9.97 Å². The largest absolute Gasteiger partial charge is 0.366 e. The first-order valence-corrected chi connectivity index (χ1v) is 3.55. The van der Waals surface area contributed by atoms with E-state index in [1.165, 1.54) is 12.4 Å². The highest BCUT2D eigenvalue weighted by atomic mass is 19.1. The van der Waals surface area contributed by atoms with Crippen molar-refractivity contribution < 1.29 is 9.18 Å². The van der Waals surface area contributed by atoms with E-state index in [1.54, 1.807) is 6.92 Å². The lowest BCUT2D eigenvalue weighted by molar-refractivity contribution is -0.113. The first-order chi connectivity index (χ1) is 6.09. The van der Waals surface area contributed by atoms with Gasteiger partial charge >= 0.3 is 0 Å². The van der Waals surface area contributed by atoms with Gasteiger partial charge in [-0.25, -0.2) is 9.37 Å². The van der Waals surface area contributed by atoms with Crippen LogP contribution in [-0.4, -0.2) is 15.9 Å². The summed E-state index contributed by atoms with van der Waals surface area (Å²) in [5, 5.41) is 0. The highest BCUT2D eigenvalue weighted by Gasteiger charge is 2.03. The molecule has 0 fully saturated rings. The molecule has 1 aromatic heterocycles. The van der Waals surface area contributed by atoms with E-state index in [0.29, 0.717) is 11.8 Å². The Hall–Kier alpha value is -1.78. The van der Waals surface area contributed by atoms with Crippen LogP contribution >= 0.6 is 0 Å². The first kappa shape index (κ1) is 9.31. The van der Waals surface area contributed by atoms with Crippen LogP contribution in [-0.2, 0) is 4.79 Å². The molecule has 0 saturated carbocycles. The lowest BCUT2D eigenvalue weighted by Crippen LogP contribution is -2.06. The first-order valence-electron chi connectivity index (χ1n) is 3.55. The summed E-state index contributed by atoms with van der Waals surface area (Å²) in [6.07, 6.45) is 3.38. The van der Waals surface area contributed by atoms with E-state index in [-0.39, 0.29) is 5.69 Å². The number of aromatic nitrogens is 2. The molecule has 0 unspecified atom stereocenters. The van der Waals surface area contributed by atoms with E-state index in [0.717, 1.165) is 0 Å². The highest BCUT2D eigenvalue weighted by molar-refractivity contribution is 5.91. The minimum absolute atomic E-state index is 0.0128. The number of nitrogens with zero attached hydrogens (tertiary/aromatic N) is 2. The van der Waals surface area contributed by atoms with Gasteiger partial charge in [0.25, 0.3) is 0 Å². The van der Waals surface area contributed by atoms with Gasteiger partial charge in [-0.2, -0.15) is 0 Å². The highest BCUT2D eigenvalue weighted by Crippen LogP contribution is 2.11. The molecule has 1 rings (SSSR count). The molecule has 0 aliphatic rings. The van der Waals surface area contributed by atoms with Crippen molar-refractivity contribution >= 4 is 11.7 Å². The molecule has 13 heavy (non-hydrogen) atoms. The van der Waals surface area contributed by atoms with E-state index < -0.39 is 11.7 Å². The van der Waals surface area contributed by atoms with Crippen LogP contribution in [0.4, 0.5) is 4.39 Å². The molecule has 4 nitrogen and oxygen atoms in total. The minimum atomic E-state index is -0.846. The smallest absolute Gasteiger partial charge is 0.244 e. The summed E-state index contributed by atoms with van der Waals surface area (Å²) in [5.41, 5.74) is 5.35. The second-order valence-corrected chi connectivity index (χ2v) is 2.44. The van der Waals surface area contributed by atoms with Gasteiger partial charge in [-0.1, -0.05) is 0 Å². The van der Waals surface area contributed by atoms with E-state index in [1.807, 2.05) is 0 Å². The van der Waals surface area contributed by atoms with Gasteiger partial charge in [0.15, 0.2) is 5.83 Å². The summed E-state index contributed by atoms with van der Waals surface area (Å²) in [6, 6.07) is 0. The fourth-order valence-corrected chi connectivity index (χ4v) is 0.777. The standard InChI is InChI=1S/C8H8FN3O/c1-5-3-11-4-7(12-5)6(9)2-8(10)13/h2-4H,1H3,(H2,10,13). The lowest BCUT2D eigenvalue weighted by atomic mass is 10.3. The number of halogens is 1. The molecule has 1 heterocycles. The van der Waals surface area contributed by atoms with Crippen molar-refractivity contribution in [2.75, 3.05) is 0 Å². The zero-order valence-electron chi connectivity index (χ0n) is 6.99. The number of hydrogen-bond acceptors (Lipinski definition) is 3. The molecular weight excluding hydrogens is 173 g/mol. The topological polar surface area (TPSA) is 68.9 Å². The zero-order valence-corrected chi connectivity index (χ0v) is 6.99. The third-order valence-corrected chi connectivity index (χ3v) is 1.27. The Balaban J connectivity index is 3.02. The zero-order chi connectivity index (χ0) is 9.84. The van der Waals surface area contributed by atoms with E-state index >= 15 is 0 Å². The Labute approximate surface area is 74.3 Å². The van der Waals surface area contributed by atoms with E-state index in [2.05, 4.69) is 9.97 Å². The van der Waals surface area contributed by atoms with Gasteiger partial charge in [0.2, 0.25) is 5.91 Å². The van der Waals surface area contributed by atoms with Crippen LogP contribution in [0.5, 0.6) is 0 Å². The third kappa shape index (κ3) is 2.62. The van der Waals surface area contributed by atoms with Gasteiger partial charge in [0, 0.05) is 12.3 Å². The van der Waals surface area contributed by atoms with Gasteiger partial charge in [-0.3, -0.25) is 9.78 Å². The molecule has 2 N–H and O–H groups in total. The molecule has 5 heteroatoms. The Bertz CT molecular complexity index is 362. The van der Waals surface area contributed by atoms with Crippen LogP contribution in [0.1, 0.15) is 11.4 Å². The van der Waals surface area contributed by atoms with Crippen molar-refractivity contribution in [3.05, 3.63) is 29.9 Å². The Morgan fingerprint density at radius 2 is 2.31 bits per heavy atom. The summed E-state index contributed by atoms with van der Waals surface area (Å²) >= 11 is 0. The summed E-state index contributed by atoms with van der Waals surface area (Å²) < 4.78 is 13.0. The molecule has 1 aromatic rings. The molecule has 1 amide bonds. The van der Waals surface area contributed by atoms with E-state index in [9.17, 15) is 9.18 Å². The Kier molecular flexibility index (Phi) is 2.69. The van der Waals surface area contributed by atoms with Crippen molar-refractivity contribution in [1.29, 1.82) is 0 Å². The molecule has 0 saturated heterocycles.